The first-order chi connectivity index (χ1) is 5.65. The molecule has 0 atom stereocenters. The molecule has 0 amide bonds. The number of carbonyl (C=O) groups is 1. The molecule has 0 aromatic heterocycles. The SMILES string of the molecule is C#Cc1cc(C(=O)O)ccc1Br. The molecule has 0 heterocycles. The third-order valence-corrected chi connectivity index (χ3v) is 2.06. The lowest BCUT2D eigenvalue weighted by Gasteiger charge is -1.97. The molecule has 3 heteroatoms. The van der Waals surface area contributed by atoms with Gasteiger partial charge < -0.3 is 5.11 Å². The van der Waals surface area contributed by atoms with Crippen molar-refractivity contribution in [1.29, 1.82) is 0 Å². The van der Waals surface area contributed by atoms with Gasteiger partial charge in [-0.05, 0) is 34.1 Å². The number of aromatic carboxylic acids is 1. The minimum absolute atomic E-state index is 0.200. The maximum Gasteiger partial charge on any atom is 0.335 e. The summed E-state index contributed by atoms with van der Waals surface area (Å²) in [6.07, 6.45) is 5.15. The van der Waals surface area contributed by atoms with Crippen molar-refractivity contribution in [2.45, 2.75) is 0 Å². The average Bonchev–Trinajstić information content (AvgIpc) is 2.05. The van der Waals surface area contributed by atoms with Crippen LogP contribution in [-0.2, 0) is 0 Å². The summed E-state index contributed by atoms with van der Waals surface area (Å²) in [6.45, 7) is 0. The molecular weight excluding hydrogens is 220 g/mol. The molecule has 0 spiro atoms. The summed E-state index contributed by atoms with van der Waals surface area (Å²) in [5.74, 6) is 1.41. The van der Waals surface area contributed by atoms with Crippen molar-refractivity contribution in [2.75, 3.05) is 0 Å². The number of rotatable bonds is 1. The minimum atomic E-state index is -0.973. The first-order valence-corrected chi connectivity index (χ1v) is 3.94. The normalized spacial score (nSPS) is 9.00. The molecule has 0 aliphatic rings. The fourth-order valence-corrected chi connectivity index (χ4v) is 1.13. The van der Waals surface area contributed by atoms with Crippen molar-refractivity contribution in [3.63, 3.8) is 0 Å². The van der Waals surface area contributed by atoms with Gasteiger partial charge in [0.05, 0.1) is 5.56 Å². The lowest BCUT2D eigenvalue weighted by Crippen LogP contribution is -1.96. The molecule has 1 rings (SSSR count). The van der Waals surface area contributed by atoms with E-state index in [1.54, 1.807) is 6.07 Å². The Morgan fingerprint density at radius 2 is 2.25 bits per heavy atom. The summed E-state index contributed by atoms with van der Waals surface area (Å²) in [4.78, 5) is 10.5. The summed E-state index contributed by atoms with van der Waals surface area (Å²) in [5.41, 5.74) is 0.751. The average molecular weight is 225 g/mol. The maximum atomic E-state index is 10.5. The van der Waals surface area contributed by atoms with Crippen LogP contribution in [0.25, 0.3) is 0 Å². The van der Waals surface area contributed by atoms with Crippen LogP contribution in [0.15, 0.2) is 22.7 Å². The molecule has 0 bridgehead atoms. The molecule has 0 aliphatic carbocycles. The number of hydrogen-bond donors (Lipinski definition) is 1. The Kier molecular flexibility index (Phi) is 2.51. The van der Waals surface area contributed by atoms with Crippen molar-refractivity contribution in [1.82, 2.24) is 0 Å². The van der Waals surface area contributed by atoms with E-state index in [-0.39, 0.29) is 5.56 Å². The summed E-state index contributed by atoms with van der Waals surface area (Å²) in [7, 11) is 0. The van der Waals surface area contributed by atoms with E-state index < -0.39 is 5.97 Å². The molecule has 2 nitrogen and oxygen atoms in total. The molecule has 60 valence electrons. The van der Waals surface area contributed by atoms with Gasteiger partial charge >= 0.3 is 5.97 Å². The highest BCUT2D eigenvalue weighted by Gasteiger charge is 2.04. The summed E-state index contributed by atoms with van der Waals surface area (Å²) in [6, 6.07) is 4.57. The van der Waals surface area contributed by atoms with E-state index in [4.69, 9.17) is 11.5 Å². The van der Waals surface area contributed by atoms with Crippen molar-refractivity contribution in [3.05, 3.63) is 33.8 Å². The molecule has 0 fully saturated rings. The predicted octanol–water partition coefficient (Wildman–Crippen LogP) is 2.13. The van der Waals surface area contributed by atoms with Gasteiger partial charge in [0.1, 0.15) is 0 Å². The highest BCUT2D eigenvalue weighted by molar-refractivity contribution is 9.10. The van der Waals surface area contributed by atoms with Crippen LogP contribution in [0, 0.1) is 12.3 Å². The van der Waals surface area contributed by atoms with E-state index in [0.717, 1.165) is 4.47 Å². The molecule has 0 radical (unpaired) electrons. The smallest absolute Gasteiger partial charge is 0.335 e. The van der Waals surface area contributed by atoms with Crippen molar-refractivity contribution >= 4 is 21.9 Å². The Morgan fingerprint density at radius 3 is 2.75 bits per heavy atom. The quantitative estimate of drug-likeness (QED) is 0.743. The second-order valence-corrected chi connectivity index (χ2v) is 3.00. The number of hydrogen-bond acceptors (Lipinski definition) is 1. The van der Waals surface area contributed by atoms with E-state index in [0.29, 0.717) is 5.56 Å². The number of terminal acetylenes is 1. The van der Waals surface area contributed by atoms with Gasteiger partial charge in [-0.15, -0.1) is 6.42 Å². The van der Waals surface area contributed by atoms with Crippen LogP contribution in [-0.4, -0.2) is 11.1 Å². The van der Waals surface area contributed by atoms with Gasteiger partial charge in [-0.3, -0.25) is 0 Å². The van der Waals surface area contributed by atoms with Crippen molar-refractivity contribution < 1.29 is 9.90 Å². The Hall–Kier alpha value is -1.27. The second-order valence-electron chi connectivity index (χ2n) is 2.14. The molecule has 0 saturated carbocycles. The Balaban J connectivity index is 3.25. The second kappa shape index (κ2) is 3.42. The first-order valence-electron chi connectivity index (χ1n) is 3.14. The van der Waals surface area contributed by atoms with Crippen LogP contribution in [0.1, 0.15) is 15.9 Å². The molecule has 0 saturated heterocycles. The number of benzene rings is 1. The molecule has 0 aliphatic heterocycles. The zero-order valence-corrected chi connectivity index (χ0v) is 7.63. The van der Waals surface area contributed by atoms with Crippen LogP contribution in [0.4, 0.5) is 0 Å². The van der Waals surface area contributed by atoms with Crippen molar-refractivity contribution in [3.8, 4) is 12.3 Å². The predicted molar refractivity (Wildman–Crippen MR) is 49.0 cm³/mol. The van der Waals surface area contributed by atoms with Gasteiger partial charge in [-0.2, -0.15) is 0 Å². The zero-order valence-electron chi connectivity index (χ0n) is 6.04. The zero-order chi connectivity index (χ0) is 9.14. The monoisotopic (exact) mass is 224 g/mol. The van der Waals surface area contributed by atoms with Crippen LogP contribution in [0.3, 0.4) is 0 Å². The molecule has 1 aromatic rings. The Labute approximate surface area is 78.3 Å². The van der Waals surface area contributed by atoms with Gasteiger partial charge in [-0.25, -0.2) is 4.79 Å². The Morgan fingerprint density at radius 1 is 1.58 bits per heavy atom. The largest absolute Gasteiger partial charge is 0.478 e. The van der Waals surface area contributed by atoms with E-state index in [1.807, 2.05) is 0 Å². The van der Waals surface area contributed by atoms with E-state index >= 15 is 0 Å². The van der Waals surface area contributed by atoms with Gasteiger partial charge in [-0.1, -0.05) is 5.92 Å². The van der Waals surface area contributed by atoms with Crippen LogP contribution < -0.4 is 0 Å². The molecule has 1 aromatic carbocycles. The topological polar surface area (TPSA) is 37.3 Å². The third kappa shape index (κ3) is 1.66. The fourth-order valence-electron chi connectivity index (χ4n) is 0.769. The molecule has 0 unspecified atom stereocenters. The lowest BCUT2D eigenvalue weighted by molar-refractivity contribution is 0.0697. The fraction of sp³-hybridized carbons (Fsp3) is 0. The van der Waals surface area contributed by atoms with E-state index in [9.17, 15) is 4.79 Å². The van der Waals surface area contributed by atoms with E-state index in [2.05, 4.69) is 21.9 Å². The van der Waals surface area contributed by atoms with Crippen LogP contribution in [0.5, 0.6) is 0 Å². The van der Waals surface area contributed by atoms with Gasteiger partial charge in [0.2, 0.25) is 0 Å². The third-order valence-electron chi connectivity index (χ3n) is 1.37. The maximum absolute atomic E-state index is 10.5. The number of carboxylic acids is 1. The van der Waals surface area contributed by atoms with Gasteiger partial charge in [0.25, 0.3) is 0 Å². The van der Waals surface area contributed by atoms with Gasteiger partial charge in [0, 0.05) is 10.0 Å². The first kappa shape index (κ1) is 8.82. The summed E-state index contributed by atoms with van der Waals surface area (Å²) in [5, 5.41) is 8.61. The Bertz CT molecular complexity index is 363. The highest BCUT2D eigenvalue weighted by atomic mass is 79.9. The van der Waals surface area contributed by atoms with Crippen molar-refractivity contribution in [2.24, 2.45) is 0 Å². The lowest BCUT2D eigenvalue weighted by atomic mass is 10.1. The summed E-state index contributed by atoms with van der Waals surface area (Å²) >= 11 is 3.20. The minimum Gasteiger partial charge on any atom is -0.478 e. The van der Waals surface area contributed by atoms with E-state index in [1.165, 1.54) is 12.1 Å². The summed E-state index contributed by atoms with van der Waals surface area (Å²) < 4.78 is 0.731. The number of carboxylic acid groups (broad SMARTS) is 1. The standard InChI is InChI=1S/C9H5BrO2/c1-2-6-5-7(9(11)12)3-4-8(6)10/h1,3-5H,(H,11,12). The van der Waals surface area contributed by atoms with Crippen LogP contribution >= 0.6 is 15.9 Å². The van der Waals surface area contributed by atoms with Gasteiger partial charge in [0.15, 0.2) is 0 Å². The number of halogens is 1. The highest BCUT2D eigenvalue weighted by Crippen LogP contribution is 2.17. The molecule has 1 N–H and O–H groups in total. The molecule has 12 heavy (non-hydrogen) atoms. The van der Waals surface area contributed by atoms with Crippen LogP contribution in [0.2, 0.25) is 0 Å². The molecular formula is C9H5BrO2.